The molecular weight excluding hydrogens is 526 g/mol. The fourth-order valence-electron chi connectivity index (χ4n) is 4.24. The molecule has 3 N–H and O–H groups in total. The maximum absolute atomic E-state index is 12.8. The Kier molecular flexibility index (Phi) is 9.33. The number of piperazine rings is 1. The van der Waals surface area contributed by atoms with Gasteiger partial charge < -0.3 is 20.9 Å². The average Bonchev–Trinajstić information content (AvgIpc) is 2.91. The van der Waals surface area contributed by atoms with Gasteiger partial charge in [0, 0.05) is 78.6 Å². The SMILES string of the molecule is C=CCNC(=O)c1cnc(Nc2ccc(N3CCN(C(C)C)CC3)cc2)nc1Nc1cccc(N=S(C)(C)=O)n1. The number of nitrogens with one attached hydrogen (secondary N) is 3. The van der Waals surface area contributed by atoms with Gasteiger partial charge in [0.15, 0.2) is 5.82 Å². The van der Waals surface area contributed by atoms with E-state index < -0.39 is 9.73 Å². The van der Waals surface area contributed by atoms with Crippen LogP contribution in [0.3, 0.4) is 0 Å². The Morgan fingerprint density at radius 3 is 2.45 bits per heavy atom. The molecule has 40 heavy (non-hydrogen) atoms. The summed E-state index contributed by atoms with van der Waals surface area (Å²) in [5, 5.41) is 9.06. The molecule has 1 aliphatic rings. The molecule has 1 aliphatic heterocycles. The summed E-state index contributed by atoms with van der Waals surface area (Å²) in [6.07, 6.45) is 6.13. The Balaban J connectivity index is 1.53. The summed E-state index contributed by atoms with van der Waals surface area (Å²) in [5.41, 5.74) is 2.23. The Hall–Kier alpha value is -4.03. The van der Waals surface area contributed by atoms with E-state index in [1.807, 2.05) is 12.1 Å². The first-order chi connectivity index (χ1) is 19.1. The van der Waals surface area contributed by atoms with E-state index in [1.165, 1.54) is 11.9 Å². The maximum atomic E-state index is 12.8. The highest BCUT2D eigenvalue weighted by molar-refractivity contribution is 7.92. The highest BCUT2D eigenvalue weighted by Gasteiger charge is 2.19. The van der Waals surface area contributed by atoms with Crippen LogP contribution in [0.2, 0.25) is 0 Å². The number of nitrogens with zero attached hydrogens (tertiary/aromatic N) is 6. The van der Waals surface area contributed by atoms with Crippen LogP contribution < -0.4 is 20.9 Å². The minimum absolute atomic E-state index is 0.238. The van der Waals surface area contributed by atoms with Gasteiger partial charge in [0.25, 0.3) is 5.91 Å². The van der Waals surface area contributed by atoms with Gasteiger partial charge in [0.1, 0.15) is 17.2 Å². The third-order valence-corrected chi connectivity index (χ3v) is 6.89. The van der Waals surface area contributed by atoms with Crippen molar-refractivity contribution in [1.29, 1.82) is 0 Å². The molecular formula is C28H37N9O2S. The molecule has 1 saturated heterocycles. The first-order valence-corrected chi connectivity index (χ1v) is 15.5. The fourth-order valence-corrected chi connectivity index (χ4v) is 4.79. The molecule has 3 heterocycles. The Morgan fingerprint density at radius 2 is 1.80 bits per heavy atom. The summed E-state index contributed by atoms with van der Waals surface area (Å²) in [5.74, 6) is 0.927. The van der Waals surface area contributed by atoms with Gasteiger partial charge in [-0.15, -0.1) is 6.58 Å². The van der Waals surface area contributed by atoms with Crippen LogP contribution in [0.25, 0.3) is 0 Å². The quantitative estimate of drug-likeness (QED) is 0.312. The van der Waals surface area contributed by atoms with Crippen molar-refractivity contribution < 1.29 is 9.00 Å². The molecule has 0 saturated carbocycles. The zero-order valence-electron chi connectivity index (χ0n) is 23.4. The minimum atomic E-state index is -2.39. The van der Waals surface area contributed by atoms with Crippen molar-refractivity contribution in [3.63, 3.8) is 0 Å². The van der Waals surface area contributed by atoms with Crippen molar-refractivity contribution in [2.24, 2.45) is 4.36 Å². The third kappa shape index (κ3) is 7.99. The van der Waals surface area contributed by atoms with E-state index in [9.17, 15) is 9.00 Å². The molecule has 0 spiro atoms. The largest absolute Gasteiger partial charge is 0.369 e. The van der Waals surface area contributed by atoms with Crippen molar-refractivity contribution in [3.8, 4) is 0 Å². The zero-order chi connectivity index (χ0) is 28.7. The van der Waals surface area contributed by atoms with Gasteiger partial charge in [-0.2, -0.15) is 9.35 Å². The lowest BCUT2D eigenvalue weighted by Gasteiger charge is -2.38. The summed E-state index contributed by atoms with van der Waals surface area (Å²) in [6.45, 7) is 12.5. The molecule has 212 valence electrons. The molecule has 3 aromatic rings. The number of hydrogen-bond acceptors (Lipinski definition) is 10. The normalized spacial score (nSPS) is 14.1. The number of rotatable bonds is 10. The van der Waals surface area contributed by atoms with Crippen LogP contribution in [0.1, 0.15) is 24.2 Å². The van der Waals surface area contributed by atoms with Gasteiger partial charge in [-0.25, -0.2) is 14.2 Å². The molecule has 1 aromatic carbocycles. The topological polar surface area (TPSA) is 128 Å². The van der Waals surface area contributed by atoms with E-state index in [4.69, 9.17) is 0 Å². The summed E-state index contributed by atoms with van der Waals surface area (Å²) in [4.78, 5) is 31.0. The van der Waals surface area contributed by atoms with Gasteiger partial charge in [-0.1, -0.05) is 12.1 Å². The highest BCUT2D eigenvalue weighted by atomic mass is 32.2. The zero-order valence-corrected chi connectivity index (χ0v) is 24.2. The average molecular weight is 564 g/mol. The van der Waals surface area contributed by atoms with E-state index in [0.717, 1.165) is 31.9 Å². The minimum Gasteiger partial charge on any atom is -0.369 e. The van der Waals surface area contributed by atoms with Crippen molar-refractivity contribution >= 4 is 50.4 Å². The lowest BCUT2D eigenvalue weighted by Crippen LogP contribution is -2.48. The third-order valence-electron chi connectivity index (χ3n) is 6.27. The summed E-state index contributed by atoms with van der Waals surface area (Å²) in [7, 11) is -2.39. The first kappa shape index (κ1) is 29.0. The Morgan fingerprint density at radius 1 is 1.07 bits per heavy atom. The monoisotopic (exact) mass is 563 g/mol. The summed E-state index contributed by atoms with van der Waals surface area (Å²) < 4.78 is 16.3. The van der Waals surface area contributed by atoms with Crippen LogP contribution in [-0.4, -0.2) is 81.2 Å². The Labute approximate surface area is 236 Å². The maximum Gasteiger partial charge on any atom is 0.256 e. The molecule has 11 nitrogen and oxygen atoms in total. The van der Waals surface area contributed by atoms with Gasteiger partial charge in [-0.05, 0) is 50.2 Å². The van der Waals surface area contributed by atoms with Gasteiger partial charge in [0.2, 0.25) is 5.95 Å². The number of hydrogen-bond donors (Lipinski definition) is 3. The van der Waals surface area contributed by atoms with Crippen LogP contribution in [0.15, 0.2) is 65.7 Å². The number of anilines is 5. The lowest BCUT2D eigenvalue weighted by molar-refractivity contribution is 0.0958. The molecule has 4 rings (SSSR count). The van der Waals surface area contributed by atoms with Gasteiger partial charge >= 0.3 is 0 Å². The van der Waals surface area contributed by atoms with E-state index in [-0.39, 0.29) is 17.3 Å². The molecule has 12 heteroatoms. The van der Waals surface area contributed by atoms with Crippen molar-refractivity contribution in [3.05, 3.63) is 66.9 Å². The summed E-state index contributed by atoms with van der Waals surface area (Å²) >= 11 is 0. The molecule has 0 radical (unpaired) electrons. The number of pyridine rings is 1. The molecule has 0 bridgehead atoms. The van der Waals surface area contributed by atoms with Crippen molar-refractivity contribution in [2.75, 3.05) is 60.8 Å². The van der Waals surface area contributed by atoms with Crippen LogP contribution >= 0.6 is 0 Å². The fraction of sp³-hybridized carbons (Fsp3) is 0.357. The molecule has 0 atom stereocenters. The molecule has 0 aliphatic carbocycles. The van der Waals surface area contributed by atoms with E-state index in [1.54, 1.807) is 36.8 Å². The standard InChI is InChI=1S/C28H37N9O2S/c1-6-14-29-27(38)23-19-30-28(34-26(23)33-24-8-7-9-25(32-24)35-40(4,5)39)31-21-10-12-22(13-11-21)37-17-15-36(16-18-37)20(2)3/h6-13,19-20H,1,14-18H2,2-5H3,(H,29,38)(H2,30,31,32,33,34). The second kappa shape index (κ2) is 12.9. The van der Waals surface area contributed by atoms with Gasteiger partial charge in [-0.3, -0.25) is 9.69 Å². The first-order valence-electron chi connectivity index (χ1n) is 13.1. The van der Waals surface area contributed by atoms with Crippen molar-refractivity contribution in [1.82, 2.24) is 25.2 Å². The number of carbonyl (C=O) groups excluding carboxylic acids is 1. The number of carbonyl (C=O) groups is 1. The predicted octanol–water partition coefficient (Wildman–Crippen LogP) is 4.16. The van der Waals surface area contributed by atoms with E-state index >= 15 is 0 Å². The van der Waals surface area contributed by atoms with Crippen LogP contribution in [0.4, 0.5) is 34.8 Å². The van der Waals surface area contributed by atoms with Gasteiger partial charge in [0.05, 0.1) is 0 Å². The highest BCUT2D eigenvalue weighted by Crippen LogP contribution is 2.24. The molecule has 1 fully saturated rings. The van der Waals surface area contributed by atoms with Crippen LogP contribution in [0, 0.1) is 0 Å². The lowest BCUT2D eigenvalue weighted by atomic mass is 10.2. The number of aromatic nitrogens is 3. The Bertz CT molecular complexity index is 1450. The number of amides is 1. The molecule has 2 aromatic heterocycles. The van der Waals surface area contributed by atoms with Crippen LogP contribution in [-0.2, 0) is 9.73 Å². The van der Waals surface area contributed by atoms with E-state index in [2.05, 4.69) is 77.6 Å². The molecule has 0 unspecified atom stereocenters. The number of benzene rings is 1. The van der Waals surface area contributed by atoms with Crippen molar-refractivity contribution in [2.45, 2.75) is 19.9 Å². The summed E-state index contributed by atoms with van der Waals surface area (Å²) in [6, 6.07) is 13.8. The predicted molar refractivity (Wildman–Crippen MR) is 163 cm³/mol. The smallest absolute Gasteiger partial charge is 0.256 e. The second-order valence-corrected chi connectivity index (χ2v) is 12.6. The molecule has 1 amide bonds. The van der Waals surface area contributed by atoms with Crippen LogP contribution in [0.5, 0.6) is 0 Å². The second-order valence-electron chi connectivity index (χ2n) is 10.0. The van der Waals surface area contributed by atoms with E-state index in [0.29, 0.717) is 30.2 Å².